The van der Waals surface area contributed by atoms with Gasteiger partial charge in [0.05, 0.1) is 13.2 Å². The molecule has 1 aromatic heterocycles. The molecule has 0 saturated carbocycles. The zero-order valence-corrected chi connectivity index (χ0v) is 8.86. The molecule has 1 saturated heterocycles. The molecular formula is C11H15N3O. The quantitative estimate of drug-likeness (QED) is 0.550. The van der Waals surface area contributed by atoms with Crippen molar-refractivity contribution in [1.82, 2.24) is 9.88 Å². The van der Waals surface area contributed by atoms with E-state index >= 15 is 0 Å². The third kappa shape index (κ3) is 2.15. The molecule has 15 heavy (non-hydrogen) atoms. The second kappa shape index (κ2) is 4.40. The van der Waals surface area contributed by atoms with Gasteiger partial charge in [0.25, 0.3) is 0 Å². The summed E-state index contributed by atoms with van der Waals surface area (Å²) in [5.41, 5.74) is 2.01. The molecule has 2 rings (SSSR count). The minimum Gasteiger partial charge on any atom is -0.378 e. The highest BCUT2D eigenvalue weighted by molar-refractivity contribution is 5.97. The summed E-state index contributed by atoms with van der Waals surface area (Å²) in [5.74, 6) is 0.582. The first-order valence-electron chi connectivity index (χ1n) is 5.11. The number of ether oxygens (including phenoxy) is 1. The van der Waals surface area contributed by atoms with Crippen LogP contribution >= 0.6 is 0 Å². The summed E-state index contributed by atoms with van der Waals surface area (Å²) < 4.78 is 5.27. The highest BCUT2D eigenvalue weighted by atomic mass is 16.5. The Hall–Kier alpha value is -1.42. The highest BCUT2D eigenvalue weighted by Crippen LogP contribution is 2.10. The number of aryl methyl sites for hydroxylation is 1. The largest absolute Gasteiger partial charge is 0.378 e. The van der Waals surface area contributed by atoms with E-state index < -0.39 is 0 Å². The summed E-state index contributed by atoms with van der Waals surface area (Å²) in [6, 6.07) is 1.90. The molecule has 0 aromatic carbocycles. The van der Waals surface area contributed by atoms with Crippen molar-refractivity contribution < 1.29 is 4.74 Å². The molecule has 1 aliphatic heterocycles. The van der Waals surface area contributed by atoms with Gasteiger partial charge in [-0.2, -0.15) is 0 Å². The summed E-state index contributed by atoms with van der Waals surface area (Å²) in [7, 11) is 0. The molecule has 0 spiro atoms. The van der Waals surface area contributed by atoms with E-state index in [1.54, 1.807) is 12.4 Å². The van der Waals surface area contributed by atoms with Crippen molar-refractivity contribution in [3.63, 3.8) is 0 Å². The number of nitrogens with one attached hydrogen (secondary N) is 1. The third-order valence-corrected chi connectivity index (χ3v) is 2.60. The number of rotatable bonds is 1. The molecule has 4 nitrogen and oxygen atoms in total. The molecule has 0 aliphatic carbocycles. The van der Waals surface area contributed by atoms with E-state index in [0.29, 0.717) is 19.0 Å². The fourth-order valence-corrected chi connectivity index (χ4v) is 1.70. The predicted molar refractivity (Wildman–Crippen MR) is 58.2 cm³/mol. The standard InChI is InChI=1S/C11H15N3O/c1-9-8-13-3-2-10(9)11(12)14-4-6-15-7-5-14/h2-3,8,12H,4-7H2,1H3. The summed E-state index contributed by atoms with van der Waals surface area (Å²) in [5, 5.41) is 8.11. The molecule has 1 aliphatic rings. The van der Waals surface area contributed by atoms with E-state index in [2.05, 4.69) is 4.98 Å². The van der Waals surface area contributed by atoms with E-state index in [0.717, 1.165) is 24.2 Å². The molecule has 2 heterocycles. The van der Waals surface area contributed by atoms with E-state index in [4.69, 9.17) is 10.1 Å². The topological polar surface area (TPSA) is 49.2 Å². The van der Waals surface area contributed by atoms with Crippen LogP contribution in [0.3, 0.4) is 0 Å². The minimum atomic E-state index is 0.582. The lowest BCUT2D eigenvalue weighted by Crippen LogP contribution is -2.41. The first kappa shape index (κ1) is 10.1. The molecule has 0 amide bonds. The number of hydrogen-bond donors (Lipinski definition) is 1. The van der Waals surface area contributed by atoms with Crippen LogP contribution in [0.4, 0.5) is 0 Å². The smallest absolute Gasteiger partial charge is 0.128 e. The van der Waals surface area contributed by atoms with Crippen LogP contribution in [0.2, 0.25) is 0 Å². The lowest BCUT2D eigenvalue weighted by atomic mass is 10.1. The maximum absolute atomic E-state index is 8.11. The Morgan fingerprint density at radius 3 is 2.87 bits per heavy atom. The Balaban J connectivity index is 2.16. The van der Waals surface area contributed by atoms with Crippen LogP contribution in [0.1, 0.15) is 11.1 Å². The number of aromatic nitrogens is 1. The average molecular weight is 205 g/mol. The molecule has 0 bridgehead atoms. The Bertz CT molecular complexity index is 359. The summed E-state index contributed by atoms with van der Waals surface area (Å²) in [4.78, 5) is 6.08. The van der Waals surface area contributed by atoms with Gasteiger partial charge in [-0.15, -0.1) is 0 Å². The van der Waals surface area contributed by atoms with Crippen molar-refractivity contribution in [3.05, 3.63) is 29.6 Å². The molecule has 1 aromatic rings. The monoisotopic (exact) mass is 205 g/mol. The van der Waals surface area contributed by atoms with Gasteiger partial charge in [0.2, 0.25) is 0 Å². The van der Waals surface area contributed by atoms with Gasteiger partial charge >= 0.3 is 0 Å². The average Bonchev–Trinajstić information content (AvgIpc) is 2.30. The maximum Gasteiger partial charge on any atom is 0.128 e. The Kier molecular flexibility index (Phi) is 2.97. The van der Waals surface area contributed by atoms with Gasteiger partial charge in [-0.3, -0.25) is 10.4 Å². The van der Waals surface area contributed by atoms with Crippen molar-refractivity contribution in [3.8, 4) is 0 Å². The fraction of sp³-hybridized carbons (Fsp3) is 0.455. The van der Waals surface area contributed by atoms with Gasteiger partial charge in [-0.1, -0.05) is 0 Å². The number of hydrogen-bond acceptors (Lipinski definition) is 3. The molecule has 1 N–H and O–H groups in total. The van der Waals surface area contributed by atoms with E-state index in [-0.39, 0.29) is 0 Å². The number of amidine groups is 1. The van der Waals surface area contributed by atoms with Crippen molar-refractivity contribution in [2.75, 3.05) is 26.3 Å². The van der Waals surface area contributed by atoms with E-state index in [1.807, 2.05) is 17.9 Å². The molecule has 4 heteroatoms. The second-order valence-corrected chi connectivity index (χ2v) is 3.64. The molecule has 0 unspecified atom stereocenters. The van der Waals surface area contributed by atoms with Crippen LogP contribution < -0.4 is 0 Å². The minimum absolute atomic E-state index is 0.582. The number of nitrogens with zero attached hydrogens (tertiary/aromatic N) is 2. The van der Waals surface area contributed by atoms with Crippen LogP contribution in [0.5, 0.6) is 0 Å². The SMILES string of the molecule is Cc1cnccc1C(=N)N1CCOCC1. The third-order valence-electron chi connectivity index (χ3n) is 2.60. The van der Waals surface area contributed by atoms with Crippen LogP contribution in [0.25, 0.3) is 0 Å². The first-order valence-corrected chi connectivity index (χ1v) is 5.11. The second-order valence-electron chi connectivity index (χ2n) is 3.64. The van der Waals surface area contributed by atoms with Crippen molar-refractivity contribution in [2.45, 2.75) is 6.92 Å². The van der Waals surface area contributed by atoms with Gasteiger partial charge in [-0.05, 0) is 18.6 Å². The highest BCUT2D eigenvalue weighted by Gasteiger charge is 2.16. The van der Waals surface area contributed by atoms with Crippen LogP contribution in [-0.4, -0.2) is 42.0 Å². The molecule has 1 fully saturated rings. The lowest BCUT2D eigenvalue weighted by molar-refractivity contribution is 0.0679. The van der Waals surface area contributed by atoms with Gasteiger partial charge in [0, 0.05) is 31.0 Å². The molecule has 80 valence electrons. The predicted octanol–water partition coefficient (Wildman–Crippen LogP) is 1.05. The normalized spacial score (nSPS) is 16.5. The Morgan fingerprint density at radius 2 is 2.20 bits per heavy atom. The first-order chi connectivity index (χ1) is 7.29. The summed E-state index contributed by atoms with van der Waals surface area (Å²) in [6.45, 7) is 5.03. The lowest BCUT2D eigenvalue weighted by Gasteiger charge is -2.29. The van der Waals surface area contributed by atoms with Crippen molar-refractivity contribution >= 4 is 5.84 Å². The van der Waals surface area contributed by atoms with Gasteiger partial charge in [-0.25, -0.2) is 0 Å². The van der Waals surface area contributed by atoms with E-state index in [1.165, 1.54) is 0 Å². The molecular weight excluding hydrogens is 190 g/mol. The zero-order chi connectivity index (χ0) is 10.7. The fourth-order valence-electron chi connectivity index (χ4n) is 1.70. The van der Waals surface area contributed by atoms with Crippen molar-refractivity contribution in [1.29, 1.82) is 5.41 Å². The zero-order valence-electron chi connectivity index (χ0n) is 8.86. The number of pyridine rings is 1. The Morgan fingerprint density at radius 1 is 1.47 bits per heavy atom. The van der Waals surface area contributed by atoms with Crippen LogP contribution in [-0.2, 0) is 4.74 Å². The Labute approximate surface area is 89.4 Å². The molecule has 0 radical (unpaired) electrons. The van der Waals surface area contributed by atoms with Gasteiger partial charge < -0.3 is 9.64 Å². The van der Waals surface area contributed by atoms with Gasteiger partial charge in [0.1, 0.15) is 5.84 Å². The summed E-state index contributed by atoms with van der Waals surface area (Å²) >= 11 is 0. The molecule has 0 atom stereocenters. The number of morpholine rings is 1. The maximum atomic E-state index is 8.11. The van der Waals surface area contributed by atoms with Crippen LogP contribution in [0, 0.1) is 12.3 Å². The van der Waals surface area contributed by atoms with Gasteiger partial charge in [0.15, 0.2) is 0 Å². The van der Waals surface area contributed by atoms with E-state index in [9.17, 15) is 0 Å². The van der Waals surface area contributed by atoms with Crippen LogP contribution in [0.15, 0.2) is 18.5 Å². The van der Waals surface area contributed by atoms with Crippen molar-refractivity contribution in [2.24, 2.45) is 0 Å². The summed E-state index contributed by atoms with van der Waals surface area (Å²) in [6.07, 6.45) is 3.53.